The number of carbonyl (C=O) groups is 2. The van der Waals surface area contributed by atoms with E-state index in [-0.39, 0.29) is 5.91 Å². The number of hydrogen-bond acceptors (Lipinski definition) is 4. The summed E-state index contributed by atoms with van der Waals surface area (Å²) < 4.78 is 1.83. The molecular weight excluding hydrogens is 368 g/mol. The molecule has 3 N–H and O–H groups in total. The molecular formula is C22H28N4O3. The summed E-state index contributed by atoms with van der Waals surface area (Å²) in [6.07, 6.45) is 2.32. The lowest BCUT2D eigenvalue weighted by atomic mass is 10.1. The molecule has 7 nitrogen and oxygen atoms in total. The highest BCUT2D eigenvalue weighted by molar-refractivity contribution is 5.92. The summed E-state index contributed by atoms with van der Waals surface area (Å²) in [6.45, 7) is 4.31. The van der Waals surface area contributed by atoms with Gasteiger partial charge in [0.05, 0.1) is 5.69 Å². The van der Waals surface area contributed by atoms with Crippen molar-refractivity contribution in [3.8, 4) is 17.5 Å². The molecule has 0 fully saturated rings. The van der Waals surface area contributed by atoms with E-state index < -0.39 is 5.91 Å². The monoisotopic (exact) mass is 396 g/mol. The van der Waals surface area contributed by atoms with Crippen molar-refractivity contribution in [1.82, 2.24) is 14.7 Å². The lowest BCUT2D eigenvalue weighted by molar-refractivity contribution is -0.127. The Bertz CT molecular complexity index is 953. The van der Waals surface area contributed by atoms with Crippen LogP contribution >= 0.6 is 0 Å². The summed E-state index contributed by atoms with van der Waals surface area (Å²) >= 11 is 0. The molecule has 0 spiro atoms. The van der Waals surface area contributed by atoms with Crippen molar-refractivity contribution in [2.24, 2.45) is 11.7 Å². The first-order chi connectivity index (χ1) is 13.9. The summed E-state index contributed by atoms with van der Waals surface area (Å²) in [7, 11) is 2.76. The van der Waals surface area contributed by atoms with Gasteiger partial charge in [-0.1, -0.05) is 24.8 Å². The molecule has 1 heterocycles. The molecule has 7 heteroatoms. The smallest absolute Gasteiger partial charge is 0.269 e. The SMILES string of the molecule is CC(=O)N(C)CCC#Cc1cccc(-n2nc(C(N)=O)c3c2C[C@@H](C)C3)c1.CO. The van der Waals surface area contributed by atoms with Crippen molar-refractivity contribution < 1.29 is 14.7 Å². The van der Waals surface area contributed by atoms with Crippen LogP contribution in [0.2, 0.25) is 0 Å². The molecule has 0 saturated heterocycles. The van der Waals surface area contributed by atoms with E-state index in [1.807, 2.05) is 28.9 Å². The molecule has 1 aliphatic carbocycles. The van der Waals surface area contributed by atoms with Gasteiger partial charge in [0.1, 0.15) is 0 Å². The molecule has 2 aromatic rings. The van der Waals surface area contributed by atoms with Gasteiger partial charge in [0, 0.05) is 50.9 Å². The molecule has 3 rings (SSSR count). The minimum atomic E-state index is -0.482. The molecule has 1 atom stereocenters. The highest BCUT2D eigenvalue weighted by Gasteiger charge is 2.29. The molecule has 0 unspecified atom stereocenters. The number of carbonyl (C=O) groups excluding carboxylic acids is 2. The Morgan fingerprint density at radius 3 is 2.72 bits per heavy atom. The molecule has 29 heavy (non-hydrogen) atoms. The second-order valence-corrected chi connectivity index (χ2v) is 7.11. The van der Waals surface area contributed by atoms with Gasteiger partial charge in [-0.2, -0.15) is 5.10 Å². The van der Waals surface area contributed by atoms with Gasteiger partial charge in [-0.25, -0.2) is 4.68 Å². The van der Waals surface area contributed by atoms with Gasteiger partial charge in [-0.05, 0) is 37.0 Å². The Hall–Kier alpha value is -3.11. The van der Waals surface area contributed by atoms with Crippen LogP contribution in [0.5, 0.6) is 0 Å². The predicted molar refractivity (Wildman–Crippen MR) is 112 cm³/mol. The number of hydrogen-bond donors (Lipinski definition) is 2. The van der Waals surface area contributed by atoms with Gasteiger partial charge in [-0.3, -0.25) is 9.59 Å². The van der Waals surface area contributed by atoms with Crippen molar-refractivity contribution in [3.63, 3.8) is 0 Å². The van der Waals surface area contributed by atoms with Crippen LogP contribution in [0.1, 0.15) is 47.6 Å². The quantitative estimate of drug-likeness (QED) is 0.765. The molecule has 1 aromatic heterocycles. The zero-order valence-electron chi connectivity index (χ0n) is 17.4. The lowest BCUT2D eigenvalue weighted by Gasteiger charge is -2.11. The van der Waals surface area contributed by atoms with E-state index >= 15 is 0 Å². The van der Waals surface area contributed by atoms with E-state index in [9.17, 15) is 9.59 Å². The first-order valence-corrected chi connectivity index (χ1v) is 9.53. The van der Waals surface area contributed by atoms with Crippen LogP contribution in [0.3, 0.4) is 0 Å². The summed E-state index contributed by atoms with van der Waals surface area (Å²) in [5.41, 5.74) is 9.66. The third-order valence-electron chi connectivity index (χ3n) is 4.85. The minimum absolute atomic E-state index is 0.0332. The maximum atomic E-state index is 11.8. The summed E-state index contributed by atoms with van der Waals surface area (Å²) in [5, 5.41) is 11.5. The topological polar surface area (TPSA) is 101 Å². The molecule has 1 aromatic carbocycles. The average molecular weight is 396 g/mol. The lowest BCUT2D eigenvalue weighted by Crippen LogP contribution is -2.24. The van der Waals surface area contributed by atoms with Crippen LogP contribution in [0.15, 0.2) is 24.3 Å². The fraction of sp³-hybridized carbons (Fsp3) is 0.409. The Labute approximate surface area is 171 Å². The normalized spacial score (nSPS) is 14.2. The third kappa shape index (κ3) is 5.24. The fourth-order valence-electron chi connectivity index (χ4n) is 3.33. The summed E-state index contributed by atoms with van der Waals surface area (Å²) in [5.74, 6) is 6.26. The first-order valence-electron chi connectivity index (χ1n) is 9.53. The van der Waals surface area contributed by atoms with Crippen molar-refractivity contribution in [2.75, 3.05) is 20.7 Å². The second-order valence-electron chi connectivity index (χ2n) is 7.11. The molecule has 0 bridgehead atoms. The van der Waals surface area contributed by atoms with Gasteiger partial charge in [0.2, 0.25) is 5.91 Å². The Kier molecular flexibility index (Phi) is 7.57. The van der Waals surface area contributed by atoms with E-state index in [1.165, 1.54) is 0 Å². The molecule has 1 aliphatic rings. The van der Waals surface area contributed by atoms with E-state index in [2.05, 4.69) is 23.9 Å². The van der Waals surface area contributed by atoms with Crippen molar-refractivity contribution in [3.05, 3.63) is 46.8 Å². The van der Waals surface area contributed by atoms with Crippen LogP contribution in [0.4, 0.5) is 0 Å². The molecule has 0 aliphatic heterocycles. The predicted octanol–water partition coefficient (Wildman–Crippen LogP) is 1.53. The van der Waals surface area contributed by atoms with Gasteiger partial charge in [-0.15, -0.1) is 0 Å². The molecule has 154 valence electrons. The van der Waals surface area contributed by atoms with Gasteiger partial charge in [0.15, 0.2) is 5.69 Å². The molecule has 2 amide bonds. The fourth-order valence-corrected chi connectivity index (χ4v) is 3.33. The number of aliphatic hydroxyl groups excluding tert-OH is 1. The number of rotatable bonds is 4. The van der Waals surface area contributed by atoms with Crippen LogP contribution in [-0.2, 0) is 17.6 Å². The zero-order valence-corrected chi connectivity index (χ0v) is 17.4. The van der Waals surface area contributed by atoms with E-state index in [1.54, 1.807) is 18.9 Å². The van der Waals surface area contributed by atoms with Crippen LogP contribution in [-0.4, -0.2) is 52.3 Å². The minimum Gasteiger partial charge on any atom is -0.400 e. The number of aliphatic hydroxyl groups is 1. The van der Waals surface area contributed by atoms with Gasteiger partial charge in [0.25, 0.3) is 5.91 Å². The first kappa shape index (κ1) is 22.2. The van der Waals surface area contributed by atoms with Crippen molar-refractivity contribution in [1.29, 1.82) is 0 Å². The Balaban J connectivity index is 0.00000145. The average Bonchev–Trinajstić information content (AvgIpc) is 3.24. The van der Waals surface area contributed by atoms with E-state index in [0.29, 0.717) is 24.6 Å². The van der Waals surface area contributed by atoms with Gasteiger partial charge < -0.3 is 15.7 Å². The number of aromatic nitrogens is 2. The van der Waals surface area contributed by atoms with Gasteiger partial charge >= 0.3 is 0 Å². The Morgan fingerprint density at radius 2 is 2.07 bits per heavy atom. The zero-order chi connectivity index (χ0) is 21.6. The number of benzene rings is 1. The number of nitrogens with zero attached hydrogens (tertiary/aromatic N) is 3. The van der Waals surface area contributed by atoms with Crippen LogP contribution in [0, 0.1) is 17.8 Å². The number of fused-ring (bicyclic) bond motifs is 1. The maximum absolute atomic E-state index is 11.8. The van der Waals surface area contributed by atoms with Crippen molar-refractivity contribution >= 4 is 11.8 Å². The second kappa shape index (κ2) is 9.89. The van der Waals surface area contributed by atoms with E-state index in [4.69, 9.17) is 10.8 Å². The maximum Gasteiger partial charge on any atom is 0.269 e. The molecule has 0 radical (unpaired) electrons. The summed E-state index contributed by atoms with van der Waals surface area (Å²) in [6, 6.07) is 7.78. The highest BCUT2D eigenvalue weighted by atomic mass is 16.2. The van der Waals surface area contributed by atoms with Crippen LogP contribution < -0.4 is 5.73 Å². The summed E-state index contributed by atoms with van der Waals surface area (Å²) in [4.78, 5) is 24.6. The van der Waals surface area contributed by atoms with Crippen LogP contribution in [0.25, 0.3) is 5.69 Å². The largest absolute Gasteiger partial charge is 0.400 e. The Morgan fingerprint density at radius 1 is 1.34 bits per heavy atom. The standard InChI is InChI=1S/C21H24N4O2.CH4O/c1-14-11-18-19(12-14)25(23-20(18)21(22)27)17-9-6-8-16(13-17)7-4-5-10-24(3)15(2)26;1-2/h6,8-9,13-14H,5,10-12H2,1-3H3,(H2,22,27);2H,1H3/t14-;/m0./s1. The number of nitrogens with two attached hydrogens (primary N) is 1. The molecule has 0 saturated carbocycles. The number of primary amides is 1. The van der Waals surface area contributed by atoms with Crippen molar-refractivity contribution in [2.45, 2.75) is 33.1 Å². The highest BCUT2D eigenvalue weighted by Crippen LogP contribution is 2.31. The third-order valence-corrected chi connectivity index (χ3v) is 4.85. The number of amides is 2. The van der Waals surface area contributed by atoms with E-state index in [0.717, 1.165) is 42.5 Å².